The molecule has 1 N–H and O–H groups in total. The highest BCUT2D eigenvalue weighted by atomic mass is 16.5. The van der Waals surface area contributed by atoms with Crippen molar-refractivity contribution in [1.82, 2.24) is 10.2 Å². The molecule has 3 aromatic rings. The summed E-state index contributed by atoms with van der Waals surface area (Å²) in [5.74, 6) is 1.82. The molecule has 0 spiro atoms. The van der Waals surface area contributed by atoms with Gasteiger partial charge < -0.3 is 14.8 Å². The molecular formula is C28H32N2O3. The number of amides is 1. The minimum atomic E-state index is -0.203. The van der Waals surface area contributed by atoms with Crippen LogP contribution in [0.2, 0.25) is 0 Å². The molecule has 0 saturated carbocycles. The molecule has 1 aliphatic rings. The van der Waals surface area contributed by atoms with E-state index in [2.05, 4.69) is 22.3 Å². The fraction of sp³-hybridized carbons (Fsp3) is 0.321. The number of ether oxygens (including phenoxy) is 2. The van der Waals surface area contributed by atoms with E-state index in [1.54, 1.807) is 7.11 Å². The molecule has 0 unspecified atom stereocenters. The number of methoxy groups -OCH3 is 1. The number of likely N-dealkylation sites (tertiary alicyclic amines) is 1. The molecule has 1 aliphatic heterocycles. The van der Waals surface area contributed by atoms with E-state index in [1.165, 1.54) is 0 Å². The molecular weight excluding hydrogens is 412 g/mol. The van der Waals surface area contributed by atoms with Crippen LogP contribution in [0.25, 0.3) is 0 Å². The summed E-state index contributed by atoms with van der Waals surface area (Å²) in [7, 11) is 1.66. The van der Waals surface area contributed by atoms with Crippen LogP contribution >= 0.6 is 0 Å². The number of nitrogens with one attached hydrogen (secondary N) is 1. The van der Waals surface area contributed by atoms with E-state index in [1.807, 2.05) is 72.8 Å². The van der Waals surface area contributed by atoms with Crippen LogP contribution in [-0.4, -0.2) is 44.2 Å². The van der Waals surface area contributed by atoms with Crippen LogP contribution < -0.4 is 14.8 Å². The SMILES string of the molecule is COc1cccc([C@@H](NC(=O)C2CCN(CCOc3ccccc3)CC2)c2ccccc2)c1. The van der Waals surface area contributed by atoms with Gasteiger partial charge in [-0.15, -0.1) is 0 Å². The van der Waals surface area contributed by atoms with Gasteiger partial charge in [-0.3, -0.25) is 9.69 Å². The van der Waals surface area contributed by atoms with Crippen LogP contribution in [0.3, 0.4) is 0 Å². The number of hydrogen-bond acceptors (Lipinski definition) is 4. The van der Waals surface area contributed by atoms with Gasteiger partial charge in [0.15, 0.2) is 0 Å². The third-order valence-electron chi connectivity index (χ3n) is 6.22. The lowest BCUT2D eigenvalue weighted by molar-refractivity contribution is -0.127. The number of carbonyl (C=O) groups is 1. The van der Waals surface area contributed by atoms with Crippen LogP contribution in [0.4, 0.5) is 0 Å². The highest BCUT2D eigenvalue weighted by molar-refractivity contribution is 5.79. The Labute approximate surface area is 196 Å². The monoisotopic (exact) mass is 444 g/mol. The van der Waals surface area contributed by atoms with E-state index in [0.717, 1.165) is 55.1 Å². The Balaban J connectivity index is 1.33. The lowest BCUT2D eigenvalue weighted by atomic mass is 9.93. The number of benzene rings is 3. The third-order valence-corrected chi connectivity index (χ3v) is 6.22. The van der Waals surface area contributed by atoms with E-state index < -0.39 is 0 Å². The highest BCUT2D eigenvalue weighted by Crippen LogP contribution is 2.27. The fourth-order valence-electron chi connectivity index (χ4n) is 4.31. The summed E-state index contributed by atoms with van der Waals surface area (Å²) in [6, 6.07) is 27.7. The number of hydrogen-bond donors (Lipinski definition) is 1. The highest BCUT2D eigenvalue weighted by Gasteiger charge is 2.27. The average Bonchev–Trinajstić information content (AvgIpc) is 2.88. The molecule has 0 radical (unpaired) electrons. The predicted octanol–water partition coefficient (Wildman–Crippen LogP) is 4.69. The zero-order valence-electron chi connectivity index (χ0n) is 19.2. The Morgan fingerprint density at radius 3 is 2.24 bits per heavy atom. The van der Waals surface area contributed by atoms with Crippen molar-refractivity contribution in [3.05, 3.63) is 96.1 Å². The summed E-state index contributed by atoms with van der Waals surface area (Å²) in [6.07, 6.45) is 1.72. The van der Waals surface area contributed by atoms with Crippen LogP contribution in [-0.2, 0) is 4.79 Å². The van der Waals surface area contributed by atoms with Crippen LogP contribution in [0.15, 0.2) is 84.9 Å². The van der Waals surface area contributed by atoms with Gasteiger partial charge in [-0.05, 0) is 61.3 Å². The molecule has 1 fully saturated rings. The van der Waals surface area contributed by atoms with Crippen LogP contribution in [0, 0.1) is 5.92 Å². The van der Waals surface area contributed by atoms with Crippen LogP contribution in [0.1, 0.15) is 30.0 Å². The zero-order valence-corrected chi connectivity index (χ0v) is 19.2. The maximum absolute atomic E-state index is 13.2. The van der Waals surface area contributed by atoms with Crippen molar-refractivity contribution >= 4 is 5.91 Å². The summed E-state index contributed by atoms with van der Waals surface area (Å²) in [5.41, 5.74) is 2.08. The summed E-state index contributed by atoms with van der Waals surface area (Å²) < 4.78 is 11.2. The predicted molar refractivity (Wildman–Crippen MR) is 131 cm³/mol. The maximum Gasteiger partial charge on any atom is 0.223 e. The number of rotatable bonds is 9. The van der Waals surface area contributed by atoms with Gasteiger partial charge in [0.25, 0.3) is 0 Å². The molecule has 1 atom stereocenters. The second-order valence-electron chi connectivity index (χ2n) is 8.41. The van der Waals surface area contributed by atoms with Crippen molar-refractivity contribution in [2.45, 2.75) is 18.9 Å². The second-order valence-corrected chi connectivity index (χ2v) is 8.41. The fourth-order valence-corrected chi connectivity index (χ4v) is 4.31. The number of carbonyl (C=O) groups excluding carboxylic acids is 1. The van der Waals surface area contributed by atoms with Crippen molar-refractivity contribution in [2.24, 2.45) is 5.92 Å². The van der Waals surface area contributed by atoms with Gasteiger partial charge in [-0.25, -0.2) is 0 Å². The summed E-state index contributed by atoms with van der Waals surface area (Å²) in [4.78, 5) is 15.6. The lowest BCUT2D eigenvalue weighted by Gasteiger charge is -2.32. The first kappa shape index (κ1) is 22.9. The first-order valence-corrected chi connectivity index (χ1v) is 11.6. The van der Waals surface area contributed by atoms with Gasteiger partial charge in [0.2, 0.25) is 5.91 Å². The lowest BCUT2D eigenvalue weighted by Crippen LogP contribution is -2.42. The Kier molecular flexibility index (Phi) is 7.99. The van der Waals surface area contributed by atoms with Gasteiger partial charge in [0.1, 0.15) is 18.1 Å². The number of nitrogens with zero attached hydrogens (tertiary/aromatic N) is 1. The Morgan fingerprint density at radius 1 is 0.909 bits per heavy atom. The van der Waals surface area contributed by atoms with Crippen molar-refractivity contribution < 1.29 is 14.3 Å². The van der Waals surface area contributed by atoms with Gasteiger partial charge in [-0.1, -0.05) is 60.7 Å². The molecule has 0 aliphatic carbocycles. The average molecular weight is 445 g/mol. The zero-order chi connectivity index (χ0) is 22.9. The molecule has 172 valence electrons. The molecule has 1 heterocycles. The van der Waals surface area contributed by atoms with E-state index in [9.17, 15) is 4.79 Å². The summed E-state index contributed by atoms with van der Waals surface area (Å²) >= 11 is 0. The standard InChI is InChI=1S/C28H32N2O3/c1-32-26-14-8-11-24(21-26)27(22-9-4-2-5-10-22)29-28(31)23-15-17-30(18-16-23)19-20-33-25-12-6-3-7-13-25/h2-14,21,23,27H,15-20H2,1H3,(H,29,31)/t27-/m0/s1. The molecule has 5 heteroatoms. The molecule has 1 saturated heterocycles. The molecule has 0 aromatic heterocycles. The first-order chi connectivity index (χ1) is 16.2. The normalized spacial score (nSPS) is 15.5. The van der Waals surface area contributed by atoms with Crippen molar-refractivity contribution in [3.8, 4) is 11.5 Å². The Hall–Kier alpha value is -3.31. The van der Waals surface area contributed by atoms with Gasteiger partial charge in [0.05, 0.1) is 13.2 Å². The van der Waals surface area contributed by atoms with Gasteiger partial charge in [0, 0.05) is 12.5 Å². The summed E-state index contributed by atoms with van der Waals surface area (Å²) in [6.45, 7) is 3.35. The molecule has 0 bridgehead atoms. The van der Waals surface area contributed by atoms with Crippen molar-refractivity contribution in [1.29, 1.82) is 0 Å². The largest absolute Gasteiger partial charge is 0.497 e. The van der Waals surface area contributed by atoms with Crippen molar-refractivity contribution in [3.63, 3.8) is 0 Å². The third kappa shape index (κ3) is 6.36. The molecule has 1 amide bonds. The molecule has 3 aromatic carbocycles. The van der Waals surface area contributed by atoms with Crippen molar-refractivity contribution in [2.75, 3.05) is 33.4 Å². The van der Waals surface area contributed by atoms with E-state index in [4.69, 9.17) is 9.47 Å². The van der Waals surface area contributed by atoms with E-state index in [0.29, 0.717) is 6.61 Å². The topological polar surface area (TPSA) is 50.8 Å². The minimum absolute atomic E-state index is 0.0214. The quantitative estimate of drug-likeness (QED) is 0.520. The second kappa shape index (κ2) is 11.5. The van der Waals surface area contributed by atoms with E-state index in [-0.39, 0.29) is 17.9 Å². The van der Waals surface area contributed by atoms with E-state index >= 15 is 0 Å². The molecule has 33 heavy (non-hydrogen) atoms. The smallest absolute Gasteiger partial charge is 0.223 e. The molecule has 4 rings (SSSR count). The molecule has 5 nitrogen and oxygen atoms in total. The Morgan fingerprint density at radius 2 is 1.55 bits per heavy atom. The first-order valence-electron chi connectivity index (χ1n) is 11.6. The number of piperidine rings is 1. The Bertz CT molecular complexity index is 1000. The maximum atomic E-state index is 13.2. The number of para-hydroxylation sites is 1. The van der Waals surface area contributed by atoms with Crippen LogP contribution in [0.5, 0.6) is 11.5 Å². The van der Waals surface area contributed by atoms with Gasteiger partial charge >= 0.3 is 0 Å². The summed E-state index contributed by atoms with van der Waals surface area (Å²) in [5, 5.41) is 3.31. The van der Waals surface area contributed by atoms with Gasteiger partial charge in [-0.2, -0.15) is 0 Å². The minimum Gasteiger partial charge on any atom is -0.497 e.